The predicted octanol–water partition coefficient (Wildman–Crippen LogP) is 2.25. The van der Waals surface area contributed by atoms with Crippen LogP contribution in [0.25, 0.3) is 0 Å². The lowest BCUT2D eigenvalue weighted by Crippen LogP contribution is -2.31. The number of sulfonamides is 1. The molecule has 0 radical (unpaired) electrons. The summed E-state index contributed by atoms with van der Waals surface area (Å²) in [5, 5.41) is 0.488. The summed E-state index contributed by atoms with van der Waals surface area (Å²) in [6, 6.07) is 4.52. The standard InChI is InChI=1S/C10H12BrClN2O2S.ClH/c11-9-5-8(1-2-10(9)12)17(15,16)14-4-3-7(13)6-14;/h1-2,5,7H,3-4,6,13H2;1H/t7-;/m0./s1. The lowest BCUT2D eigenvalue weighted by atomic mass is 10.3. The summed E-state index contributed by atoms with van der Waals surface area (Å²) in [6.45, 7) is 0.853. The van der Waals surface area contributed by atoms with Gasteiger partial charge < -0.3 is 5.73 Å². The molecule has 1 aromatic carbocycles. The van der Waals surface area contributed by atoms with Crippen molar-refractivity contribution in [1.82, 2.24) is 4.31 Å². The second kappa shape index (κ2) is 6.07. The van der Waals surface area contributed by atoms with Gasteiger partial charge in [-0.2, -0.15) is 4.31 Å². The molecule has 1 heterocycles. The summed E-state index contributed by atoms with van der Waals surface area (Å²) in [6.07, 6.45) is 0.702. The van der Waals surface area contributed by atoms with Crippen molar-refractivity contribution < 1.29 is 8.42 Å². The van der Waals surface area contributed by atoms with Crippen molar-refractivity contribution in [3.63, 3.8) is 0 Å². The Morgan fingerprint density at radius 1 is 1.44 bits per heavy atom. The van der Waals surface area contributed by atoms with Crippen molar-refractivity contribution >= 4 is 50.0 Å². The zero-order valence-corrected chi connectivity index (χ0v) is 13.3. The highest BCUT2D eigenvalue weighted by atomic mass is 79.9. The van der Waals surface area contributed by atoms with E-state index in [4.69, 9.17) is 17.3 Å². The van der Waals surface area contributed by atoms with Crippen LogP contribution in [0.2, 0.25) is 5.02 Å². The lowest BCUT2D eigenvalue weighted by Gasteiger charge is -2.16. The smallest absolute Gasteiger partial charge is 0.243 e. The summed E-state index contributed by atoms with van der Waals surface area (Å²) >= 11 is 9.06. The van der Waals surface area contributed by atoms with Gasteiger partial charge in [0.05, 0.1) is 9.92 Å². The molecule has 1 aliphatic rings. The van der Waals surface area contributed by atoms with E-state index in [1.165, 1.54) is 16.4 Å². The van der Waals surface area contributed by atoms with Crippen molar-refractivity contribution in [2.24, 2.45) is 5.73 Å². The van der Waals surface area contributed by atoms with Crippen LogP contribution in [0.5, 0.6) is 0 Å². The maximum absolute atomic E-state index is 12.2. The van der Waals surface area contributed by atoms with Gasteiger partial charge in [0.25, 0.3) is 0 Å². The van der Waals surface area contributed by atoms with Crippen molar-refractivity contribution in [1.29, 1.82) is 0 Å². The fraction of sp³-hybridized carbons (Fsp3) is 0.400. The second-order valence-electron chi connectivity index (χ2n) is 3.99. The molecule has 18 heavy (non-hydrogen) atoms. The highest BCUT2D eigenvalue weighted by Gasteiger charge is 2.31. The lowest BCUT2D eigenvalue weighted by molar-refractivity contribution is 0.472. The molecule has 102 valence electrons. The van der Waals surface area contributed by atoms with Crippen LogP contribution >= 0.6 is 39.9 Å². The summed E-state index contributed by atoms with van der Waals surface area (Å²) in [7, 11) is -3.45. The van der Waals surface area contributed by atoms with Gasteiger partial charge in [0.2, 0.25) is 10.0 Å². The van der Waals surface area contributed by atoms with Crippen molar-refractivity contribution in [2.75, 3.05) is 13.1 Å². The van der Waals surface area contributed by atoms with E-state index in [0.29, 0.717) is 29.0 Å². The first-order valence-corrected chi connectivity index (χ1v) is 7.73. The monoisotopic (exact) mass is 374 g/mol. The van der Waals surface area contributed by atoms with E-state index in [9.17, 15) is 8.42 Å². The molecule has 1 aromatic rings. The van der Waals surface area contributed by atoms with Gasteiger partial charge in [-0.15, -0.1) is 12.4 Å². The Hall–Kier alpha value is 0.150. The first-order chi connectivity index (χ1) is 7.91. The molecule has 4 nitrogen and oxygen atoms in total. The van der Waals surface area contributed by atoms with E-state index in [1.54, 1.807) is 6.07 Å². The highest BCUT2D eigenvalue weighted by molar-refractivity contribution is 9.10. The Morgan fingerprint density at radius 3 is 2.61 bits per heavy atom. The van der Waals surface area contributed by atoms with E-state index in [-0.39, 0.29) is 23.3 Å². The van der Waals surface area contributed by atoms with Crippen LogP contribution in [0.15, 0.2) is 27.6 Å². The Morgan fingerprint density at radius 2 is 2.11 bits per heavy atom. The van der Waals surface area contributed by atoms with Gasteiger partial charge >= 0.3 is 0 Å². The van der Waals surface area contributed by atoms with Crippen molar-refractivity contribution in [3.05, 3.63) is 27.7 Å². The third-order valence-electron chi connectivity index (χ3n) is 2.72. The summed E-state index contributed by atoms with van der Waals surface area (Å²) in [5.74, 6) is 0. The summed E-state index contributed by atoms with van der Waals surface area (Å²) in [4.78, 5) is 0.239. The molecule has 1 aliphatic heterocycles. The molecule has 0 saturated carbocycles. The minimum absolute atomic E-state index is 0. The molecule has 2 N–H and O–H groups in total. The third kappa shape index (κ3) is 3.18. The number of rotatable bonds is 2. The van der Waals surface area contributed by atoms with Gasteiger partial charge in [0.1, 0.15) is 0 Å². The summed E-state index contributed by atoms with van der Waals surface area (Å²) < 4.78 is 26.5. The fourth-order valence-corrected chi connectivity index (χ4v) is 3.94. The van der Waals surface area contributed by atoms with Gasteiger partial charge in [0, 0.05) is 23.6 Å². The quantitative estimate of drug-likeness (QED) is 0.862. The Balaban J connectivity index is 0.00000162. The average molecular weight is 376 g/mol. The molecule has 0 bridgehead atoms. The topological polar surface area (TPSA) is 63.4 Å². The minimum atomic E-state index is -3.45. The molecule has 1 atom stereocenters. The third-order valence-corrected chi connectivity index (χ3v) is 5.79. The van der Waals surface area contributed by atoms with E-state index < -0.39 is 10.0 Å². The molecule has 0 aliphatic carbocycles. The van der Waals surface area contributed by atoms with Crippen LogP contribution in [0.3, 0.4) is 0 Å². The Bertz CT molecular complexity index is 539. The molecule has 0 amide bonds. The van der Waals surface area contributed by atoms with Gasteiger partial charge in [-0.1, -0.05) is 11.6 Å². The summed E-state index contributed by atoms with van der Waals surface area (Å²) in [5.41, 5.74) is 5.72. The first kappa shape index (κ1) is 16.2. The molecule has 1 saturated heterocycles. The van der Waals surface area contributed by atoms with Gasteiger partial charge in [-0.25, -0.2) is 8.42 Å². The molecule has 8 heteroatoms. The molecule has 0 spiro atoms. The maximum atomic E-state index is 12.2. The zero-order valence-electron chi connectivity index (χ0n) is 9.34. The van der Waals surface area contributed by atoms with Gasteiger partial charge in [0.15, 0.2) is 0 Å². The average Bonchev–Trinajstić information content (AvgIpc) is 2.69. The van der Waals surface area contributed by atoms with Crippen LogP contribution in [-0.2, 0) is 10.0 Å². The molecular formula is C10H13BrCl2N2O2S. The van der Waals surface area contributed by atoms with Gasteiger partial charge in [-0.05, 0) is 40.5 Å². The molecule has 0 aromatic heterocycles. The highest BCUT2D eigenvalue weighted by Crippen LogP contribution is 2.28. The van der Waals surface area contributed by atoms with Crippen LogP contribution in [0.1, 0.15) is 6.42 Å². The molecule has 0 unspecified atom stereocenters. The van der Waals surface area contributed by atoms with Crippen LogP contribution in [0, 0.1) is 0 Å². The van der Waals surface area contributed by atoms with E-state index in [1.807, 2.05) is 0 Å². The number of nitrogens with two attached hydrogens (primary N) is 1. The maximum Gasteiger partial charge on any atom is 0.243 e. The van der Waals surface area contributed by atoms with E-state index in [2.05, 4.69) is 15.9 Å². The van der Waals surface area contributed by atoms with E-state index in [0.717, 1.165) is 0 Å². The SMILES string of the molecule is Cl.N[C@H]1CCN(S(=O)(=O)c2ccc(Cl)c(Br)c2)C1. The Labute approximate surface area is 126 Å². The van der Waals surface area contributed by atoms with Crippen LogP contribution in [0.4, 0.5) is 0 Å². The van der Waals surface area contributed by atoms with E-state index >= 15 is 0 Å². The predicted molar refractivity (Wildman–Crippen MR) is 77.8 cm³/mol. The van der Waals surface area contributed by atoms with Crippen LogP contribution < -0.4 is 5.73 Å². The van der Waals surface area contributed by atoms with Gasteiger partial charge in [-0.3, -0.25) is 0 Å². The Kier molecular flexibility index (Phi) is 5.46. The molecular weight excluding hydrogens is 363 g/mol. The first-order valence-electron chi connectivity index (χ1n) is 5.12. The normalized spacial score (nSPS) is 20.7. The largest absolute Gasteiger partial charge is 0.326 e. The second-order valence-corrected chi connectivity index (χ2v) is 7.19. The van der Waals surface area contributed by atoms with Crippen molar-refractivity contribution in [3.8, 4) is 0 Å². The van der Waals surface area contributed by atoms with Crippen LogP contribution in [-0.4, -0.2) is 31.9 Å². The number of nitrogens with zero attached hydrogens (tertiary/aromatic N) is 1. The fourth-order valence-electron chi connectivity index (χ4n) is 1.76. The van der Waals surface area contributed by atoms with Crippen molar-refractivity contribution in [2.45, 2.75) is 17.4 Å². The zero-order chi connectivity index (χ0) is 12.6. The number of hydrogen-bond acceptors (Lipinski definition) is 3. The minimum Gasteiger partial charge on any atom is -0.326 e. The number of halogens is 3. The molecule has 2 rings (SSSR count). The number of benzene rings is 1. The molecule has 1 fully saturated rings. The number of hydrogen-bond donors (Lipinski definition) is 1.